The largest absolute Gasteiger partial charge is 0.453 e. The van der Waals surface area contributed by atoms with E-state index in [4.69, 9.17) is 16.3 Å². The van der Waals surface area contributed by atoms with Crippen molar-refractivity contribution in [1.29, 1.82) is 0 Å². The molecule has 0 bridgehead atoms. The number of carbonyl (C=O) groups excluding carboxylic acids is 1. The number of piperazine rings is 1. The van der Waals surface area contributed by atoms with Gasteiger partial charge in [0.1, 0.15) is 22.5 Å². The van der Waals surface area contributed by atoms with Crippen molar-refractivity contribution < 1.29 is 32.0 Å². The van der Waals surface area contributed by atoms with Gasteiger partial charge >= 0.3 is 0 Å². The molecule has 0 saturated carbocycles. The van der Waals surface area contributed by atoms with Gasteiger partial charge in [0.15, 0.2) is 5.75 Å². The molecule has 0 radical (unpaired) electrons. The number of anilines is 2. The van der Waals surface area contributed by atoms with Crippen LogP contribution in [0.5, 0.6) is 11.5 Å². The first kappa shape index (κ1) is 43.4. The van der Waals surface area contributed by atoms with Crippen LogP contribution in [0.1, 0.15) is 49.0 Å². The number of halogens is 1. The number of rotatable bonds is 12. The number of nitrogens with one attached hydrogen (secondary N) is 4. The van der Waals surface area contributed by atoms with Crippen LogP contribution in [0.3, 0.4) is 0 Å². The molecule has 2 fully saturated rings. The average Bonchev–Trinajstić information content (AvgIpc) is 3.71. The van der Waals surface area contributed by atoms with E-state index in [1.807, 2.05) is 24.3 Å². The number of benzene rings is 3. The van der Waals surface area contributed by atoms with Crippen LogP contribution in [0, 0.1) is 15.5 Å². The van der Waals surface area contributed by atoms with Crippen molar-refractivity contribution in [3.8, 4) is 11.5 Å². The van der Waals surface area contributed by atoms with Crippen LogP contribution >= 0.6 is 22.2 Å². The Bertz CT molecular complexity index is 2650. The Morgan fingerprint density at radius 3 is 2.60 bits per heavy atom. The molecule has 3 aliphatic rings. The number of aromatic nitrogens is 2. The van der Waals surface area contributed by atoms with Gasteiger partial charge in [0, 0.05) is 68.5 Å². The normalized spacial score (nSPS) is 19.8. The Balaban J connectivity index is 1.05. The lowest BCUT2D eigenvalue weighted by Crippen LogP contribution is -2.47. The summed E-state index contributed by atoms with van der Waals surface area (Å²) >= 11 is 6.24. The van der Waals surface area contributed by atoms with Crippen LogP contribution < -0.4 is 25.0 Å². The number of fused-ring (bicyclic) bond motifs is 1. The van der Waals surface area contributed by atoms with E-state index in [-0.39, 0.29) is 34.7 Å². The first-order valence-corrected chi connectivity index (χ1v) is 23.9. The molecule has 1 amide bonds. The Hall–Kier alpha value is -5.21. The van der Waals surface area contributed by atoms with Crippen LogP contribution in [0.25, 0.3) is 16.6 Å². The third-order valence-corrected chi connectivity index (χ3v) is 15.3. The van der Waals surface area contributed by atoms with Gasteiger partial charge in [-0.25, -0.2) is 18.1 Å². The monoisotopic (exact) mass is 904 g/mol. The molecule has 19 heteroatoms. The van der Waals surface area contributed by atoms with E-state index >= 15 is 0 Å². The van der Waals surface area contributed by atoms with Crippen LogP contribution in [0.2, 0.25) is 5.02 Å². The fourth-order valence-corrected chi connectivity index (χ4v) is 10.8. The van der Waals surface area contributed by atoms with Crippen molar-refractivity contribution in [1.82, 2.24) is 24.9 Å². The highest BCUT2D eigenvalue weighted by Crippen LogP contribution is 2.47. The van der Waals surface area contributed by atoms with Gasteiger partial charge in [-0.2, -0.15) is 10.6 Å². The Morgan fingerprint density at radius 2 is 1.85 bits per heavy atom. The number of nitro groups is 1. The second-order valence-corrected chi connectivity index (χ2v) is 21.2. The second-order valence-electron chi connectivity index (χ2n) is 16.7. The minimum atomic E-state index is -4.68. The van der Waals surface area contributed by atoms with E-state index in [0.29, 0.717) is 41.7 Å². The molecule has 4 heterocycles. The van der Waals surface area contributed by atoms with E-state index in [1.165, 1.54) is 35.0 Å². The molecular weight excluding hydrogens is 856 g/mol. The molecule has 2 aromatic heterocycles. The minimum Gasteiger partial charge on any atom is -0.453 e. The molecular formula is C43H49ClN8O8S2. The summed E-state index contributed by atoms with van der Waals surface area (Å²) in [4.78, 5) is 37.0. The van der Waals surface area contributed by atoms with E-state index in [0.717, 1.165) is 56.4 Å². The van der Waals surface area contributed by atoms with Crippen molar-refractivity contribution in [2.75, 3.05) is 61.8 Å². The van der Waals surface area contributed by atoms with Crippen LogP contribution in [-0.2, 0) is 10.0 Å². The van der Waals surface area contributed by atoms with Gasteiger partial charge in [-0.05, 0) is 84.3 Å². The van der Waals surface area contributed by atoms with Gasteiger partial charge in [-0.1, -0.05) is 49.2 Å². The van der Waals surface area contributed by atoms with Crippen molar-refractivity contribution in [2.45, 2.75) is 43.4 Å². The van der Waals surface area contributed by atoms with Crippen molar-refractivity contribution in [2.24, 2.45) is 5.41 Å². The summed E-state index contributed by atoms with van der Waals surface area (Å²) in [5.41, 5.74) is 4.60. The third-order valence-electron chi connectivity index (χ3n) is 11.7. The lowest BCUT2D eigenvalue weighted by molar-refractivity contribution is -0.384. The number of nitro benzene ring substituents is 1. The smallest absolute Gasteiger partial charge is 0.293 e. The lowest BCUT2D eigenvalue weighted by Gasteiger charge is -2.44. The molecule has 5 aromatic rings. The Labute approximate surface area is 366 Å². The number of hydrogen-bond acceptors (Lipinski definition) is 13. The second kappa shape index (κ2) is 17.5. The average molecular weight is 905 g/mol. The van der Waals surface area contributed by atoms with Gasteiger partial charge in [-0.3, -0.25) is 28.9 Å². The zero-order chi connectivity index (χ0) is 43.8. The zero-order valence-electron chi connectivity index (χ0n) is 34.3. The number of amides is 1. The predicted molar refractivity (Wildman–Crippen MR) is 243 cm³/mol. The highest BCUT2D eigenvalue weighted by atomic mass is 35.5. The molecule has 1 aliphatic carbocycles. The standard InChI is InChI=1S/C43H49ClN8O8S2/c1-43(2)14-12-30(35(24-43)28-6-8-31(44)9-7-28)27-50-17-19-51(20-18-50)37-5-3-4-34(40(37)60-32-22-29-13-15-46-41(29)47-25-32)42(53)49-62(58,59)33-10-11-36(38(23-33)52(54)55)48-39-26-45-16-21-61(39,56)57/h3-11,13,15,22-23,25,39,45,48,56-57H,12,14,16-21,24,26-27H2,1-2H3,(H,46,47)(H,49,53). The number of nitrogens with zero attached hydrogens (tertiary/aromatic N) is 4. The van der Waals surface area contributed by atoms with Crippen LogP contribution in [0.4, 0.5) is 17.1 Å². The van der Waals surface area contributed by atoms with E-state index in [9.17, 15) is 32.4 Å². The minimum absolute atomic E-state index is 0.0566. The summed E-state index contributed by atoms with van der Waals surface area (Å²) in [6.45, 7) is 8.59. The van der Waals surface area contributed by atoms with Gasteiger partial charge < -0.3 is 25.3 Å². The van der Waals surface area contributed by atoms with Crippen LogP contribution in [0.15, 0.2) is 95.7 Å². The molecule has 328 valence electrons. The molecule has 6 N–H and O–H groups in total. The van der Waals surface area contributed by atoms with Crippen molar-refractivity contribution in [3.63, 3.8) is 0 Å². The van der Waals surface area contributed by atoms with Gasteiger partial charge in [-0.15, -0.1) is 0 Å². The van der Waals surface area contributed by atoms with Crippen LogP contribution in [-0.4, -0.2) is 100 Å². The number of ether oxygens (including phenoxy) is 1. The molecule has 62 heavy (non-hydrogen) atoms. The maximum Gasteiger partial charge on any atom is 0.293 e. The van der Waals surface area contributed by atoms with Gasteiger partial charge in [0.2, 0.25) is 0 Å². The van der Waals surface area contributed by atoms with E-state index in [1.54, 1.807) is 18.3 Å². The highest BCUT2D eigenvalue weighted by Gasteiger charge is 2.34. The molecule has 3 aromatic carbocycles. The SMILES string of the molecule is CC1(C)CCC(CN2CCN(c3cccc(C(=O)NS(=O)(=O)c4ccc(NC5CNCCS5(O)O)c([N+](=O)[O-])c4)c3Oc3cnc4[nH]ccc4c3)CC2)=C(c2ccc(Cl)cc2)C1. The molecule has 0 spiro atoms. The molecule has 1 unspecified atom stereocenters. The summed E-state index contributed by atoms with van der Waals surface area (Å²) in [5, 5.41) is 18.5. The number of H-pyrrole nitrogens is 1. The topological polar surface area (TPSA) is 215 Å². The fourth-order valence-electron chi connectivity index (χ4n) is 8.27. The van der Waals surface area contributed by atoms with Crippen molar-refractivity contribution in [3.05, 3.63) is 117 Å². The third kappa shape index (κ3) is 9.56. The number of sulfonamides is 1. The Kier molecular flexibility index (Phi) is 12.3. The number of para-hydroxylation sites is 1. The zero-order valence-corrected chi connectivity index (χ0v) is 36.7. The van der Waals surface area contributed by atoms with Gasteiger partial charge in [0.05, 0.1) is 33.0 Å². The highest BCUT2D eigenvalue weighted by molar-refractivity contribution is 8.25. The van der Waals surface area contributed by atoms with Gasteiger partial charge in [0.25, 0.3) is 21.6 Å². The number of pyridine rings is 1. The van der Waals surface area contributed by atoms with Crippen molar-refractivity contribution >= 4 is 71.8 Å². The van der Waals surface area contributed by atoms with E-state index in [2.05, 4.69) is 61.1 Å². The summed E-state index contributed by atoms with van der Waals surface area (Å²) in [6, 6.07) is 19.7. The molecule has 8 rings (SSSR count). The lowest BCUT2D eigenvalue weighted by atomic mass is 9.72. The number of hydrogen-bond donors (Lipinski definition) is 6. The number of carbonyl (C=O) groups is 1. The first-order chi connectivity index (χ1) is 29.5. The summed E-state index contributed by atoms with van der Waals surface area (Å²) < 4.78 is 57.2. The molecule has 16 nitrogen and oxygen atoms in total. The first-order valence-electron chi connectivity index (χ1n) is 20.3. The number of allylic oxidation sites excluding steroid dienone is 1. The number of aromatic amines is 1. The summed E-state index contributed by atoms with van der Waals surface area (Å²) in [6.07, 6.45) is 6.34. The quantitative estimate of drug-likeness (QED) is 0.0519. The maximum absolute atomic E-state index is 14.1. The maximum atomic E-state index is 14.1. The predicted octanol–water partition coefficient (Wildman–Crippen LogP) is 7.91. The molecule has 2 aliphatic heterocycles. The fraction of sp³-hybridized carbons (Fsp3) is 0.349. The van der Waals surface area contributed by atoms with E-state index < -0.39 is 47.4 Å². The molecule has 2 saturated heterocycles. The Morgan fingerprint density at radius 1 is 1.08 bits per heavy atom. The summed E-state index contributed by atoms with van der Waals surface area (Å²) in [7, 11) is -7.80. The molecule has 1 atom stereocenters. The summed E-state index contributed by atoms with van der Waals surface area (Å²) in [5.74, 6) is -0.505.